The molecule has 1 fully saturated rings. The highest BCUT2D eigenvalue weighted by atomic mass is 16.5. The van der Waals surface area contributed by atoms with E-state index in [1.165, 1.54) is 0 Å². The molecule has 1 heterocycles. The summed E-state index contributed by atoms with van der Waals surface area (Å²) in [6.07, 6.45) is -2.58. The van der Waals surface area contributed by atoms with Crippen molar-refractivity contribution < 1.29 is 20.1 Å². The van der Waals surface area contributed by atoms with Gasteiger partial charge in [-0.2, -0.15) is 0 Å². The monoisotopic (exact) mass is 205 g/mol. The first-order chi connectivity index (χ1) is 6.56. The van der Waals surface area contributed by atoms with Crippen LogP contribution in [0.5, 0.6) is 0 Å². The van der Waals surface area contributed by atoms with Gasteiger partial charge in [-0.15, -0.1) is 0 Å². The Morgan fingerprint density at radius 3 is 2.50 bits per heavy atom. The van der Waals surface area contributed by atoms with Crippen LogP contribution in [0.3, 0.4) is 0 Å². The molecular formula is C9H19NO4. The van der Waals surface area contributed by atoms with Crippen molar-refractivity contribution in [3.8, 4) is 0 Å². The standard InChI is InChI=1S/C9H19NO4/c1-5(2)10-6-4-14-7(3-11)9(13)8(6)12/h5-13H,3-4H2,1-2H3/t6-,7-,8-,9-/m1/s1. The van der Waals surface area contributed by atoms with E-state index in [2.05, 4.69) is 5.32 Å². The summed E-state index contributed by atoms with van der Waals surface area (Å²) in [6.45, 7) is 3.95. The topological polar surface area (TPSA) is 82.0 Å². The highest BCUT2D eigenvalue weighted by Crippen LogP contribution is 2.15. The maximum absolute atomic E-state index is 9.68. The van der Waals surface area contributed by atoms with E-state index in [1.54, 1.807) is 0 Å². The van der Waals surface area contributed by atoms with Gasteiger partial charge in [0.15, 0.2) is 0 Å². The Balaban J connectivity index is 2.50. The van der Waals surface area contributed by atoms with E-state index >= 15 is 0 Å². The molecule has 5 nitrogen and oxygen atoms in total. The van der Waals surface area contributed by atoms with Gasteiger partial charge in [0.25, 0.3) is 0 Å². The predicted molar refractivity (Wildman–Crippen MR) is 50.9 cm³/mol. The van der Waals surface area contributed by atoms with Crippen LogP contribution < -0.4 is 5.32 Å². The van der Waals surface area contributed by atoms with Crippen molar-refractivity contribution in [2.75, 3.05) is 13.2 Å². The van der Waals surface area contributed by atoms with Gasteiger partial charge in [-0.05, 0) is 0 Å². The Hall–Kier alpha value is -0.200. The largest absolute Gasteiger partial charge is 0.394 e. The van der Waals surface area contributed by atoms with Crippen LogP contribution >= 0.6 is 0 Å². The predicted octanol–water partition coefficient (Wildman–Crippen LogP) is -1.53. The number of aliphatic hydroxyl groups excluding tert-OH is 3. The van der Waals surface area contributed by atoms with E-state index in [4.69, 9.17) is 9.84 Å². The van der Waals surface area contributed by atoms with Gasteiger partial charge >= 0.3 is 0 Å². The zero-order valence-electron chi connectivity index (χ0n) is 8.55. The Labute approximate surface area is 83.7 Å². The second-order valence-corrected chi connectivity index (χ2v) is 3.96. The molecule has 0 aromatic rings. The summed E-state index contributed by atoms with van der Waals surface area (Å²) in [5.74, 6) is 0. The summed E-state index contributed by atoms with van der Waals surface area (Å²) in [7, 11) is 0. The van der Waals surface area contributed by atoms with Crippen molar-refractivity contribution in [1.82, 2.24) is 5.32 Å². The Kier molecular flexibility index (Phi) is 4.28. The molecule has 84 valence electrons. The zero-order valence-corrected chi connectivity index (χ0v) is 8.55. The Morgan fingerprint density at radius 2 is 2.00 bits per heavy atom. The van der Waals surface area contributed by atoms with E-state index in [1.807, 2.05) is 13.8 Å². The molecule has 0 aromatic carbocycles. The lowest BCUT2D eigenvalue weighted by Crippen LogP contribution is -2.60. The van der Waals surface area contributed by atoms with Crippen molar-refractivity contribution in [2.45, 2.75) is 44.2 Å². The van der Waals surface area contributed by atoms with E-state index in [0.717, 1.165) is 0 Å². The van der Waals surface area contributed by atoms with Gasteiger partial charge in [0.1, 0.15) is 18.3 Å². The molecule has 0 spiro atoms. The average Bonchev–Trinajstić information content (AvgIpc) is 2.13. The van der Waals surface area contributed by atoms with Crippen molar-refractivity contribution in [1.29, 1.82) is 0 Å². The van der Waals surface area contributed by atoms with Gasteiger partial charge in [0.2, 0.25) is 0 Å². The molecule has 0 unspecified atom stereocenters. The number of aliphatic hydroxyl groups is 3. The molecule has 0 radical (unpaired) electrons. The first kappa shape index (κ1) is 11.9. The van der Waals surface area contributed by atoms with E-state index in [0.29, 0.717) is 6.61 Å². The number of hydrogen-bond donors (Lipinski definition) is 4. The fourth-order valence-electron chi connectivity index (χ4n) is 1.62. The van der Waals surface area contributed by atoms with Gasteiger partial charge in [-0.25, -0.2) is 0 Å². The van der Waals surface area contributed by atoms with Gasteiger partial charge < -0.3 is 25.4 Å². The van der Waals surface area contributed by atoms with Crippen molar-refractivity contribution in [3.05, 3.63) is 0 Å². The highest BCUT2D eigenvalue weighted by Gasteiger charge is 2.37. The summed E-state index contributed by atoms with van der Waals surface area (Å²) in [4.78, 5) is 0. The second-order valence-electron chi connectivity index (χ2n) is 3.96. The first-order valence-electron chi connectivity index (χ1n) is 4.91. The SMILES string of the molecule is CC(C)N[C@@H]1CO[C@H](CO)[C@@H](O)[C@@H]1O. The third-order valence-electron chi connectivity index (χ3n) is 2.36. The summed E-state index contributed by atoms with van der Waals surface area (Å²) in [5.41, 5.74) is 0. The summed E-state index contributed by atoms with van der Waals surface area (Å²) in [5, 5.41) is 31.2. The Morgan fingerprint density at radius 1 is 1.36 bits per heavy atom. The van der Waals surface area contributed by atoms with Crippen molar-refractivity contribution in [2.24, 2.45) is 0 Å². The fourth-order valence-corrected chi connectivity index (χ4v) is 1.62. The third-order valence-corrected chi connectivity index (χ3v) is 2.36. The molecule has 0 aromatic heterocycles. The molecular weight excluding hydrogens is 186 g/mol. The lowest BCUT2D eigenvalue weighted by atomic mass is 9.98. The van der Waals surface area contributed by atoms with Crippen LogP contribution in [0.2, 0.25) is 0 Å². The highest BCUT2D eigenvalue weighted by molar-refractivity contribution is 4.90. The molecule has 1 rings (SSSR count). The van der Waals surface area contributed by atoms with Crippen molar-refractivity contribution in [3.63, 3.8) is 0 Å². The van der Waals surface area contributed by atoms with Crippen LogP contribution in [-0.2, 0) is 4.74 Å². The minimum Gasteiger partial charge on any atom is -0.394 e. The van der Waals surface area contributed by atoms with Gasteiger partial charge in [-0.3, -0.25) is 0 Å². The minimum atomic E-state index is -1.02. The van der Waals surface area contributed by atoms with Crippen LogP contribution in [0.15, 0.2) is 0 Å². The molecule has 1 aliphatic heterocycles. The molecule has 0 amide bonds. The molecule has 14 heavy (non-hydrogen) atoms. The quantitative estimate of drug-likeness (QED) is 0.449. The van der Waals surface area contributed by atoms with Gasteiger partial charge in [0.05, 0.1) is 19.3 Å². The number of nitrogens with one attached hydrogen (secondary N) is 1. The number of rotatable bonds is 3. The average molecular weight is 205 g/mol. The van der Waals surface area contributed by atoms with Crippen LogP contribution in [-0.4, -0.2) is 58.9 Å². The van der Waals surface area contributed by atoms with Gasteiger partial charge in [0, 0.05) is 6.04 Å². The molecule has 1 saturated heterocycles. The summed E-state index contributed by atoms with van der Waals surface area (Å²) >= 11 is 0. The van der Waals surface area contributed by atoms with Crippen LogP contribution in [0, 0.1) is 0 Å². The molecule has 1 aliphatic rings. The molecule has 0 saturated carbocycles. The summed E-state index contributed by atoms with van der Waals surface area (Å²) in [6, 6.07) is -0.0519. The fraction of sp³-hybridized carbons (Fsp3) is 1.00. The maximum Gasteiger partial charge on any atom is 0.110 e. The van der Waals surface area contributed by atoms with Gasteiger partial charge in [-0.1, -0.05) is 13.8 Å². The molecule has 4 N–H and O–H groups in total. The van der Waals surface area contributed by atoms with E-state index in [9.17, 15) is 10.2 Å². The maximum atomic E-state index is 9.68. The minimum absolute atomic E-state index is 0.219. The molecule has 4 atom stereocenters. The lowest BCUT2D eigenvalue weighted by molar-refractivity contribution is -0.162. The molecule has 5 heteroatoms. The van der Waals surface area contributed by atoms with Crippen LogP contribution in [0.25, 0.3) is 0 Å². The third kappa shape index (κ3) is 2.65. The number of ether oxygens (including phenoxy) is 1. The molecule has 0 bridgehead atoms. The second kappa shape index (κ2) is 5.04. The number of hydrogen-bond acceptors (Lipinski definition) is 5. The zero-order chi connectivity index (χ0) is 10.7. The van der Waals surface area contributed by atoms with Crippen LogP contribution in [0.1, 0.15) is 13.8 Å². The Bertz CT molecular complexity index is 176. The van der Waals surface area contributed by atoms with E-state index in [-0.39, 0.29) is 18.7 Å². The molecule has 0 aliphatic carbocycles. The lowest BCUT2D eigenvalue weighted by Gasteiger charge is -2.38. The smallest absolute Gasteiger partial charge is 0.110 e. The van der Waals surface area contributed by atoms with Crippen LogP contribution in [0.4, 0.5) is 0 Å². The van der Waals surface area contributed by atoms with E-state index < -0.39 is 18.3 Å². The first-order valence-corrected chi connectivity index (χ1v) is 4.91. The normalized spacial score (nSPS) is 39.0. The summed E-state index contributed by atoms with van der Waals surface area (Å²) < 4.78 is 5.20. The van der Waals surface area contributed by atoms with Crippen molar-refractivity contribution >= 4 is 0 Å².